The van der Waals surface area contributed by atoms with Crippen LogP contribution in [-0.4, -0.2) is 64.0 Å². The molecule has 0 saturated carbocycles. The number of amides is 1. The smallest absolute Gasteiger partial charge is 0.262 e. The summed E-state index contributed by atoms with van der Waals surface area (Å²) in [5.41, 5.74) is 0.830. The molecule has 0 aromatic heterocycles. The van der Waals surface area contributed by atoms with Crippen LogP contribution >= 0.6 is 0 Å². The van der Waals surface area contributed by atoms with E-state index in [0.29, 0.717) is 36.0 Å². The maximum Gasteiger partial charge on any atom is 0.262 e. The van der Waals surface area contributed by atoms with Gasteiger partial charge < -0.3 is 14.5 Å². The third kappa shape index (κ3) is 6.97. The summed E-state index contributed by atoms with van der Waals surface area (Å²) in [7, 11) is -2.33. The highest BCUT2D eigenvalue weighted by Crippen LogP contribution is 2.26. The summed E-state index contributed by atoms with van der Waals surface area (Å²) in [6.45, 7) is 12.3. The van der Waals surface area contributed by atoms with E-state index in [2.05, 4.69) is 37.3 Å². The minimum atomic E-state index is -3.82. The van der Waals surface area contributed by atoms with Gasteiger partial charge in [0.25, 0.3) is 15.9 Å². The zero-order valence-electron chi connectivity index (χ0n) is 19.7. The number of hydrogen-bond donors (Lipinski definition) is 1. The highest BCUT2D eigenvalue weighted by Gasteiger charge is 2.20. The Kier molecular flexibility index (Phi) is 9.53. The van der Waals surface area contributed by atoms with Crippen molar-refractivity contribution in [1.82, 2.24) is 9.80 Å². The number of nitrogens with one attached hydrogen (secondary N) is 1. The third-order valence-electron chi connectivity index (χ3n) is 5.22. The number of methoxy groups -OCH3 is 1. The van der Waals surface area contributed by atoms with Gasteiger partial charge in [-0.3, -0.25) is 9.52 Å². The molecule has 176 valence electrons. The number of anilines is 1. The second-order valence-electron chi connectivity index (χ2n) is 8.00. The Hall–Kier alpha value is -2.58. The van der Waals surface area contributed by atoms with E-state index in [0.717, 1.165) is 19.6 Å². The number of ether oxygens (including phenoxy) is 1. The summed E-state index contributed by atoms with van der Waals surface area (Å²) in [6, 6.07) is 12.9. The number of nitrogens with zero attached hydrogens (tertiary/aromatic N) is 2. The molecule has 0 fully saturated rings. The molecule has 0 radical (unpaired) electrons. The first-order valence-corrected chi connectivity index (χ1v) is 12.5. The topological polar surface area (TPSA) is 79.0 Å². The number of likely N-dealkylation sites (N-methyl/N-ethyl adjacent to an activating group) is 1. The van der Waals surface area contributed by atoms with Gasteiger partial charge in [0.05, 0.1) is 17.7 Å². The zero-order chi connectivity index (χ0) is 23.7. The van der Waals surface area contributed by atoms with E-state index in [-0.39, 0.29) is 10.8 Å². The molecule has 7 nitrogen and oxygen atoms in total. The van der Waals surface area contributed by atoms with Gasteiger partial charge in [-0.15, -0.1) is 0 Å². The molecule has 1 N–H and O–H groups in total. The molecule has 32 heavy (non-hydrogen) atoms. The molecule has 2 rings (SSSR count). The Balaban J connectivity index is 2.18. The van der Waals surface area contributed by atoms with Crippen molar-refractivity contribution in [2.45, 2.75) is 32.6 Å². The number of para-hydroxylation sites is 2. The Morgan fingerprint density at radius 3 is 2.19 bits per heavy atom. The van der Waals surface area contributed by atoms with E-state index in [1.807, 2.05) is 4.90 Å². The molecule has 0 heterocycles. The van der Waals surface area contributed by atoms with E-state index in [1.165, 1.54) is 19.2 Å². The third-order valence-corrected chi connectivity index (χ3v) is 6.60. The summed E-state index contributed by atoms with van der Waals surface area (Å²) in [6.07, 6.45) is 0. The molecule has 8 heteroatoms. The van der Waals surface area contributed by atoms with Crippen molar-refractivity contribution in [2.75, 3.05) is 44.6 Å². The first kappa shape index (κ1) is 25.7. The van der Waals surface area contributed by atoms with E-state index in [1.54, 1.807) is 36.4 Å². The molecule has 0 bridgehead atoms. The van der Waals surface area contributed by atoms with Crippen molar-refractivity contribution in [3.05, 3.63) is 54.1 Å². The van der Waals surface area contributed by atoms with Crippen LogP contribution in [0.15, 0.2) is 53.4 Å². The van der Waals surface area contributed by atoms with Crippen LogP contribution in [0.4, 0.5) is 5.69 Å². The quantitative estimate of drug-likeness (QED) is 0.518. The molecule has 0 aliphatic carbocycles. The minimum absolute atomic E-state index is 0.0820. The second kappa shape index (κ2) is 11.9. The van der Waals surface area contributed by atoms with Crippen LogP contribution in [0.1, 0.15) is 38.1 Å². The Bertz CT molecular complexity index is 971. The Morgan fingerprint density at radius 2 is 1.62 bits per heavy atom. The van der Waals surface area contributed by atoms with E-state index in [4.69, 9.17) is 4.74 Å². The van der Waals surface area contributed by atoms with Crippen LogP contribution in [0.5, 0.6) is 5.75 Å². The van der Waals surface area contributed by atoms with E-state index < -0.39 is 10.0 Å². The normalized spacial score (nSPS) is 11.6. The lowest BCUT2D eigenvalue weighted by Gasteiger charge is -2.28. The van der Waals surface area contributed by atoms with Crippen LogP contribution in [0.3, 0.4) is 0 Å². The lowest BCUT2D eigenvalue weighted by molar-refractivity contribution is 0.0716. The summed E-state index contributed by atoms with van der Waals surface area (Å²) >= 11 is 0. The number of benzene rings is 2. The zero-order valence-corrected chi connectivity index (χ0v) is 20.5. The van der Waals surface area contributed by atoms with Crippen molar-refractivity contribution < 1.29 is 17.9 Å². The molecular weight excluding hydrogens is 426 g/mol. The van der Waals surface area contributed by atoms with Gasteiger partial charge >= 0.3 is 0 Å². The molecule has 0 unspecified atom stereocenters. The molecule has 2 aromatic rings. The summed E-state index contributed by atoms with van der Waals surface area (Å²) in [5.74, 6) is 0.674. The average Bonchev–Trinajstić information content (AvgIpc) is 2.78. The molecule has 0 aliphatic rings. The summed E-state index contributed by atoms with van der Waals surface area (Å²) < 4.78 is 33.4. The number of carbonyl (C=O) groups is 1. The second-order valence-corrected chi connectivity index (χ2v) is 9.68. The fourth-order valence-electron chi connectivity index (χ4n) is 3.41. The van der Waals surface area contributed by atoms with Gasteiger partial charge in [-0.25, -0.2) is 8.42 Å². The number of rotatable bonds is 12. The maximum absolute atomic E-state index is 13.1. The highest BCUT2D eigenvalue weighted by molar-refractivity contribution is 7.92. The predicted molar refractivity (Wildman–Crippen MR) is 129 cm³/mol. The van der Waals surface area contributed by atoms with Gasteiger partial charge in [0.15, 0.2) is 0 Å². The molecule has 1 amide bonds. The standard InChI is InChI=1S/C24H35N3O4S/c1-6-26(7-2)16-17-27(18-19(3)4)24(28)20-12-14-21(15-13-20)32(29,30)25-22-10-8-9-11-23(22)31-5/h8-15,19,25H,6-7,16-18H2,1-5H3. The highest BCUT2D eigenvalue weighted by atomic mass is 32.2. The van der Waals surface area contributed by atoms with Crippen molar-refractivity contribution in [1.29, 1.82) is 0 Å². The first-order chi connectivity index (χ1) is 15.2. The fraction of sp³-hybridized carbons (Fsp3) is 0.458. The maximum atomic E-state index is 13.1. The average molecular weight is 462 g/mol. The van der Waals surface area contributed by atoms with Gasteiger partial charge in [-0.1, -0.05) is 39.8 Å². The van der Waals surface area contributed by atoms with Gasteiger partial charge in [0.2, 0.25) is 0 Å². The van der Waals surface area contributed by atoms with Crippen molar-refractivity contribution in [3.8, 4) is 5.75 Å². The molecule has 0 atom stereocenters. The Morgan fingerprint density at radius 1 is 1.00 bits per heavy atom. The minimum Gasteiger partial charge on any atom is -0.495 e. The molecule has 0 saturated heterocycles. The van der Waals surface area contributed by atoms with Crippen LogP contribution in [0.25, 0.3) is 0 Å². The molecule has 0 spiro atoms. The van der Waals surface area contributed by atoms with Crippen molar-refractivity contribution >= 4 is 21.6 Å². The Labute approximate surface area is 192 Å². The number of sulfonamides is 1. The fourth-order valence-corrected chi connectivity index (χ4v) is 4.48. The summed E-state index contributed by atoms with van der Waals surface area (Å²) in [5, 5.41) is 0. The monoisotopic (exact) mass is 461 g/mol. The van der Waals surface area contributed by atoms with E-state index >= 15 is 0 Å². The molecular formula is C24H35N3O4S. The molecule has 2 aromatic carbocycles. The SMILES string of the molecule is CCN(CC)CCN(CC(C)C)C(=O)c1ccc(S(=O)(=O)Nc2ccccc2OC)cc1. The largest absolute Gasteiger partial charge is 0.495 e. The van der Waals surface area contributed by atoms with Gasteiger partial charge in [-0.05, 0) is 55.4 Å². The first-order valence-electron chi connectivity index (χ1n) is 11.0. The van der Waals surface area contributed by atoms with Gasteiger partial charge in [0.1, 0.15) is 5.75 Å². The van der Waals surface area contributed by atoms with Crippen LogP contribution in [0.2, 0.25) is 0 Å². The number of carbonyl (C=O) groups excluding carboxylic acids is 1. The molecule has 0 aliphatic heterocycles. The summed E-state index contributed by atoms with van der Waals surface area (Å²) in [4.78, 5) is 17.3. The number of hydrogen-bond acceptors (Lipinski definition) is 5. The van der Waals surface area contributed by atoms with Crippen LogP contribution in [-0.2, 0) is 10.0 Å². The van der Waals surface area contributed by atoms with Crippen LogP contribution < -0.4 is 9.46 Å². The van der Waals surface area contributed by atoms with Gasteiger partial charge in [0, 0.05) is 25.2 Å². The lowest BCUT2D eigenvalue weighted by atomic mass is 10.1. The van der Waals surface area contributed by atoms with Crippen molar-refractivity contribution in [2.24, 2.45) is 5.92 Å². The predicted octanol–water partition coefficient (Wildman–Crippen LogP) is 3.94. The van der Waals surface area contributed by atoms with Crippen LogP contribution in [0, 0.1) is 5.92 Å². The van der Waals surface area contributed by atoms with E-state index in [9.17, 15) is 13.2 Å². The van der Waals surface area contributed by atoms with Crippen molar-refractivity contribution in [3.63, 3.8) is 0 Å². The lowest BCUT2D eigenvalue weighted by Crippen LogP contribution is -2.40. The van der Waals surface area contributed by atoms with Gasteiger partial charge in [-0.2, -0.15) is 0 Å².